The second-order valence-corrected chi connectivity index (χ2v) is 6.52. The number of fused-ring (bicyclic) bond motifs is 1. The summed E-state index contributed by atoms with van der Waals surface area (Å²) in [6.45, 7) is 9.14. The summed E-state index contributed by atoms with van der Waals surface area (Å²) in [7, 11) is 0. The largest absolute Gasteiger partial charge is 0.440 e. The Hall–Kier alpha value is -1.88. The number of likely N-dealkylation sites (N-methyl/N-ethyl adjacent to an activating group) is 1. The first-order valence-corrected chi connectivity index (χ1v) is 8.51. The molecule has 1 atom stereocenters. The maximum Gasteiger partial charge on any atom is 0.251 e. The van der Waals surface area contributed by atoms with E-state index in [0.29, 0.717) is 29.6 Å². The molecule has 0 radical (unpaired) electrons. The summed E-state index contributed by atoms with van der Waals surface area (Å²) < 4.78 is 5.73. The third-order valence-electron chi connectivity index (χ3n) is 4.56. The molecule has 3 rings (SSSR count). The number of carbonyl (C=O) groups is 1. The monoisotopic (exact) mass is 315 g/mol. The van der Waals surface area contributed by atoms with Crippen LogP contribution in [0.5, 0.6) is 0 Å². The van der Waals surface area contributed by atoms with E-state index in [1.807, 2.05) is 26.0 Å². The van der Waals surface area contributed by atoms with E-state index >= 15 is 0 Å². The average Bonchev–Trinajstić information content (AvgIpc) is 3.17. The van der Waals surface area contributed by atoms with Gasteiger partial charge in [-0.05, 0) is 44.1 Å². The average molecular weight is 315 g/mol. The maximum atomic E-state index is 12.4. The first-order valence-electron chi connectivity index (χ1n) is 8.51. The van der Waals surface area contributed by atoms with E-state index in [9.17, 15) is 4.79 Å². The molecular formula is C18H25N3O2. The number of likely N-dealkylation sites (tertiary alicyclic amines) is 1. The number of aromatic nitrogens is 1. The molecule has 1 saturated heterocycles. The SMILES string of the molecule is CCN1CCCC1CNC(=O)c1ccc2nc(C(C)C)oc2c1. The minimum Gasteiger partial charge on any atom is -0.440 e. The van der Waals surface area contributed by atoms with Gasteiger partial charge in [0.1, 0.15) is 5.52 Å². The minimum absolute atomic E-state index is 0.0441. The van der Waals surface area contributed by atoms with Crippen LogP contribution in [0.25, 0.3) is 11.1 Å². The van der Waals surface area contributed by atoms with E-state index in [2.05, 4.69) is 22.1 Å². The molecular weight excluding hydrogens is 290 g/mol. The molecule has 1 amide bonds. The normalized spacial score (nSPS) is 18.9. The molecule has 1 aromatic carbocycles. The van der Waals surface area contributed by atoms with Gasteiger partial charge in [-0.3, -0.25) is 9.69 Å². The highest BCUT2D eigenvalue weighted by atomic mass is 16.3. The van der Waals surface area contributed by atoms with Gasteiger partial charge in [-0.2, -0.15) is 0 Å². The summed E-state index contributed by atoms with van der Waals surface area (Å²) >= 11 is 0. The van der Waals surface area contributed by atoms with Crippen LogP contribution < -0.4 is 5.32 Å². The quantitative estimate of drug-likeness (QED) is 0.921. The zero-order valence-corrected chi connectivity index (χ0v) is 14.1. The van der Waals surface area contributed by atoms with E-state index in [0.717, 1.165) is 25.0 Å². The van der Waals surface area contributed by atoms with Crippen molar-refractivity contribution in [2.45, 2.75) is 45.6 Å². The summed E-state index contributed by atoms with van der Waals surface area (Å²) in [5, 5.41) is 3.06. The van der Waals surface area contributed by atoms with Crippen LogP contribution in [-0.2, 0) is 0 Å². The van der Waals surface area contributed by atoms with Gasteiger partial charge in [0.05, 0.1) is 0 Å². The Labute approximate surface area is 137 Å². The number of amides is 1. The molecule has 0 spiro atoms. The first kappa shape index (κ1) is 16.0. The number of carbonyl (C=O) groups excluding carboxylic acids is 1. The van der Waals surface area contributed by atoms with Crippen LogP contribution in [0, 0.1) is 0 Å². The Morgan fingerprint density at radius 3 is 3.04 bits per heavy atom. The number of nitrogens with zero attached hydrogens (tertiary/aromatic N) is 2. The lowest BCUT2D eigenvalue weighted by Gasteiger charge is -2.22. The number of hydrogen-bond acceptors (Lipinski definition) is 4. The van der Waals surface area contributed by atoms with Gasteiger partial charge in [-0.1, -0.05) is 20.8 Å². The first-order chi connectivity index (χ1) is 11.1. The third-order valence-corrected chi connectivity index (χ3v) is 4.56. The van der Waals surface area contributed by atoms with Crippen LogP contribution in [0.1, 0.15) is 55.8 Å². The fraction of sp³-hybridized carbons (Fsp3) is 0.556. The van der Waals surface area contributed by atoms with Gasteiger partial charge in [0.2, 0.25) is 0 Å². The van der Waals surface area contributed by atoms with Crippen LogP contribution in [0.4, 0.5) is 0 Å². The second kappa shape index (κ2) is 6.71. The van der Waals surface area contributed by atoms with Crippen molar-refractivity contribution in [3.8, 4) is 0 Å². The van der Waals surface area contributed by atoms with E-state index in [1.54, 1.807) is 6.07 Å². The van der Waals surface area contributed by atoms with Gasteiger partial charge < -0.3 is 9.73 Å². The highest BCUT2D eigenvalue weighted by Crippen LogP contribution is 2.22. The number of benzene rings is 1. The molecule has 1 aliphatic rings. The molecule has 1 unspecified atom stereocenters. The highest BCUT2D eigenvalue weighted by molar-refractivity contribution is 5.97. The smallest absolute Gasteiger partial charge is 0.251 e. The summed E-state index contributed by atoms with van der Waals surface area (Å²) in [5.74, 6) is 0.904. The van der Waals surface area contributed by atoms with Crippen LogP contribution in [0.2, 0.25) is 0 Å². The van der Waals surface area contributed by atoms with E-state index < -0.39 is 0 Å². The van der Waals surface area contributed by atoms with Gasteiger partial charge in [0.25, 0.3) is 5.91 Å². The molecule has 1 aromatic heterocycles. The molecule has 2 aromatic rings. The lowest BCUT2D eigenvalue weighted by atomic mass is 10.1. The number of oxazole rings is 1. The van der Waals surface area contributed by atoms with Crippen molar-refractivity contribution in [1.82, 2.24) is 15.2 Å². The Morgan fingerprint density at radius 2 is 2.30 bits per heavy atom. The fourth-order valence-corrected chi connectivity index (χ4v) is 3.19. The van der Waals surface area contributed by atoms with Gasteiger partial charge >= 0.3 is 0 Å². The van der Waals surface area contributed by atoms with E-state index in [-0.39, 0.29) is 11.8 Å². The van der Waals surface area contributed by atoms with Gasteiger partial charge in [0.15, 0.2) is 11.5 Å². The van der Waals surface area contributed by atoms with Crippen molar-refractivity contribution in [3.63, 3.8) is 0 Å². The second-order valence-electron chi connectivity index (χ2n) is 6.52. The molecule has 1 N–H and O–H groups in total. The fourth-order valence-electron chi connectivity index (χ4n) is 3.19. The Kier molecular flexibility index (Phi) is 4.66. The van der Waals surface area contributed by atoms with Crippen LogP contribution in [0.15, 0.2) is 22.6 Å². The van der Waals surface area contributed by atoms with E-state index in [4.69, 9.17) is 4.42 Å². The molecule has 23 heavy (non-hydrogen) atoms. The number of hydrogen-bond donors (Lipinski definition) is 1. The molecule has 1 aliphatic heterocycles. The van der Waals surface area contributed by atoms with Crippen molar-refractivity contribution in [3.05, 3.63) is 29.7 Å². The summed E-state index contributed by atoms with van der Waals surface area (Å²) in [6.07, 6.45) is 2.38. The Morgan fingerprint density at radius 1 is 1.48 bits per heavy atom. The standard InChI is InChI=1S/C18H25N3O2/c1-4-21-9-5-6-14(21)11-19-17(22)13-7-8-15-16(10-13)23-18(20-15)12(2)3/h7-8,10,12,14H,4-6,9,11H2,1-3H3,(H,19,22). The van der Waals surface area contributed by atoms with Gasteiger partial charge in [-0.25, -0.2) is 4.98 Å². The van der Waals surface area contributed by atoms with Crippen molar-refractivity contribution >= 4 is 17.0 Å². The lowest BCUT2D eigenvalue weighted by molar-refractivity contribution is 0.0941. The maximum absolute atomic E-state index is 12.4. The summed E-state index contributed by atoms with van der Waals surface area (Å²) in [5.41, 5.74) is 2.11. The van der Waals surface area contributed by atoms with Gasteiger partial charge in [-0.15, -0.1) is 0 Å². The zero-order chi connectivity index (χ0) is 16.4. The summed E-state index contributed by atoms with van der Waals surface area (Å²) in [4.78, 5) is 19.3. The molecule has 5 heteroatoms. The zero-order valence-electron chi connectivity index (χ0n) is 14.1. The number of nitrogens with one attached hydrogen (secondary N) is 1. The molecule has 0 aliphatic carbocycles. The van der Waals surface area contributed by atoms with Crippen molar-refractivity contribution in [1.29, 1.82) is 0 Å². The van der Waals surface area contributed by atoms with E-state index in [1.165, 1.54) is 6.42 Å². The summed E-state index contributed by atoms with van der Waals surface area (Å²) in [6, 6.07) is 5.92. The molecule has 5 nitrogen and oxygen atoms in total. The molecule has 2 heterocycles. The molecule has 1 fully saturated rings. The third kappa shape index (κ3) is 3.39. The van der Waals surface area contributed by atoms with Crippen molar-refractivity contribution in [2.75, 3.05) is 19.6 Å². The predicted octanol–water partition coefficient (Wildman–Crippen LogP) is 3.17. The van der Waals surface area contributed by atoms with Crippen LogP contribution in [-0.4, -0.2) is 41.5 Å². The Balaban J connectivity index is 1.68. The van der Waals surface area contributed by atoms with Crippen molar-refractivity contribution < 1.29 is 9.21 Å². The van der Waals surface area contributed by atoms with Crippen molar-refractivity contribution in [2.24, 2.45) is 0 Å². The molecule has 0 bridgehead atoms. The van der Waals surface area contributed by atoms with Gasteiger partial charge in [0, 0.05) is 24.1 Å². The minimum atomic E-state index is -0.0441. The number of rotatable bonds is 5. The molecule has 0 saturated carbocycles. The lowest BCUT2D eigenvalue weighted by Crippen LogP contribution is -2.40. The van der Waals surface area contributed by atoms with Crippen LogP contribution >= 0.6 is 0 Å². The highest BCUT2D eigenvalue weighted by Gasteiger charge is 2.23. The molecule has 124 valence electrons. The Bertz CT molecular complexity index is 693. The topological polar surface area (TPSA) is 58.4 Å². The van der Waals surface area contributed by atoms with Crippen LogP contribution in [0.3, 0.4) is 0 Å². The predicted molar refractivity (Wildman–Crippen MR) is 90.7 cm³/mol.